The third-order valence-corrected chi connectivity index (χ3v) is 4.00. The summed E-state index contributed by atoms with van der Waals surface area (Å²) in [6.45, 7) is 3.56. The first-order valence-electron chi connectivity index (χ1n) is 8.70. The SMILES string of the molecule is Cc1ccc(C(=O)NCC(=O)O[C@H](C)C(=O)N(C)Cc2ccccc2)cc1. The van der Waals surface area contributed by atoms with E-state index in [4.69, 9.17) is 4.74 Å². The Balaban J connectivity index is 1.79. The lowest BCUT2D eigenvalue weighted by molar-refractivity contribution is -0.157. The van der Waals surface area contributed by atoms with E-state index in [-0.39, 0.29) is 18.4 Å². The fourth-order valence-corrected chi connectivity index (χ4v) is 2.49. The second-order valence-electron chi connectivity index (χ2n) is 6.36. The average molecular weight is 368 g/mol. The maximum Gasteiger partial charge on any atom is 0.326 e. The van der Waals surface area contributed by atoms with E-state index in [1.807, 2.05) is 49.4 Å². The minimum Gasteiger partial charge on any atom is -0.451 e. The molecule has 0 unspecified atom stereocenters. The van der Waals surface area contributed by atoms with E-state index in [1.165, 1.54) is 11.8 Å². The van der Waals surface area contributed by atoms with E-state index in [1.54, 1.807) is 19.2 Å². The second kappa shape index (κ2) is 9.52. The van der Waals surface area contributed by atoms with Crippen molar-refractivity contribution in [2.75, 3.05) is 13.6 Å². The number of likely N-dealkylation sites (N-methyl/N-ethyl adjacent to an activating group) is 1. The Morgan fingerprint density at radius 3 is 2.30 bits per heavy atom. The van der Waals surface area contributed by atoms with Gasteiger partial charge >= 0.3 is 5.97 Å². The molecule has 2 aromatic carbocycles. The van der Waals surface area contributed by atoms with Crippen LogP contribution in [0.3, 0.4) is 0 Å². The Hall–Kier alpha value is -3.15. The van der Waals surface area contributed by atoms with Crippen LogP contribution in [-0.2, 0) is 20.9 Å². The fourth-order valence-electron chi connectivity index (χ4n) is 2.49. The van der Waals surface area contributed by atoms with Crippen LogP contribution in [0, 0.1) is 6.92 Å². The molecule has 0 heterocycles. The summed E-state index contributed by atoms with van der Waals surface area (Å²) in [5.41, 5.74) is 2.48. The summed E-state index contributed by atoms with van der Waals surface area (Å²) < 4.78 is 5.13. The topological polar surface area (TPSA) is 75.7 Å². The van der Waals surface area contributed by atoms with Gasteiger partial charge in [-0.1, -0.05) is 48.0 Å². The number of rotatable bonds is 7. The highest BCUT2D eigenvalue weighted by atomic mass is 16.5. The van der Waals surface area contributed by atoms with E-state index in [0.717, 1.165) is 11.1 Å². The van der Waals surface area contributed by atoms with Crippen molar-refractivity contribution in [3.05, 3.63) is 71.3 Å². The van der Waals surface area contributed by atoms with Gasteiger partial charge in [0.25, 0.3) is 11.8 Å². The van der Waals surface area contributed by atoms with E-state index in [9.17, 15) is 14.4 Å². The number of hydrogen-bond donors (Lipinski definition) is 1. The quantitative estimate of drug-likeness (QED) is 0.761. The van der Waals surface area contributed by atoms with Crippen LogP contribution in [0.4, 0.5) is 0 Å². The van der Waals surface area contributed by atoms with Crippen LogP contribution in [0.5, 0.6) is 0 Å². The number of esters is 1. The van der Waals surface area contributed by atoms with Gasteiger partial charge in [0.2, 0.25) is 0 Å². The van der Waals surface area contributed by atoms with Gasteiger partial charge in [0, 0.05) is 19.2 Å². The van der Waals surface area contributed by atoms with Gasteiger partial charge in [0.1, 0.15) is 6.54 Å². The fraction of sp³-hybridized carbons (Fsp3) is 0.286. The number of nitrogens with zero attached hydrogens (tertiary/aromatic N) is 1. The van der Waals surface area contributed by atoms with Crippen LogP contribution in [0.1, 0.15) is 28.4 Å². The minimum atomic E-state index is -0.928. The summed E-state index contributed by atoms with van der Waals surface area (Å²) in [5, 5.41) is 2.49. The summed E-state index contributed by atoms with van der Waals surface area (Å²) in [7, 11) is 1.65. The molecule has 0 saturated carbocycles. The van der Waals surface area contributed by atoms with Crippen LogP contribution in [0.2, 0.25) is 0 Å². The molecule has 27 heavy (non-hydrogen) atoms. The third-order valence-electron chi connectivity index (χ3n) is 4.00. The number of aryl methyl sites for hydroxylation is 1. The Bertz CT molecular complexity index is 788. The molecule has 2 rings (SSSR count). The molecule has 0 fully saturated rings. The summed E-state index contributed by atoms with van der Waals surface area (Å²) in [6, 6.07) is 16.5. The van der Waals surface area contributed by atoms with Crippen molar-refractivity contribution in [1.29, 1.82) is 0 Å². The van der Waals surface area contributed by atoms with Gasteiger partial charge in [0.15, 0.2) is 6.10 Å². The first-order chi connectivity index (χ1) is 12.9. The lowest BCUT2D eigenvalue weighted by atomic mass is 10.1. The summed E-state index contributed by atoms with van der Waals surface area (Å²) in [6.07, 6.45) is -0.928. The molecular weight excluding hydrogens is 344 g/mol. The Labute approximate surface area is 159 Å². The van der Waals surface area contributed by atoms with E-state index < -0.39 is 12.1 Å². The predicted octanol–water partition coefficient (Wildman–Crippen LogP) is 2.32. The number of nitrogens with one attached hydrogen (secondary N) is 1. The van der Waals surface area contributed by atoms with Crippen LogP contribution in [0.15, 0.2) is 54.6 Å². The van der Waals surface area contributed by atoms with E-state index in [2.05, 4.69) is 5.32 Å². The van der Waals surface area contributed by atoms with E-state index >= 15 is 0 Å². The normalized spacial score (nSPS) is 11.4. The number of amides is 2. The molecule has 0 spiro atoms. The molecule has 1 atom stereocenters. The number of carbonyl (C=O) groups is 3. The third kappa shape index (κ3) is 6.26. The zero-order chi connectivity index (χ0) is 19.8. The smallest absolute Gasteiger partial charge is 0.326 e. The van der Waals surface area contributed by atoms with Gasteiger partial charge in [-0.25, -0.2) is 0 Å². The van der Waals surface area contributed by atoms with Crippen LogP contribution < -0.4 is 5.32 Å². The molecule has 2 aromatic rings. The molecule has 0 aliphatic carbocycles. The molecule has 0 aromatic heterocycles. The molecule has 0 aliphatic rings. The van der Waals surface area contributed by atoms with Crippen molar-refractivity contribution in [2.24, 2.45) is 0 Å². The first kappa shape index (κ1) is 20.2. The van der Waals surface area contributed by atoms with Crippen molar-refractivity contribution in [3.63, 3.8) is 0 Å². The molecule has 142 valence electrons. The Morgan fingerprint density at radius 1 is 1.04 bits per heavy atom. The minimum absolute atomic E-state index is 0.299. The molecule has 6 heteroatoms. The first-order valence-corrected chi connectivity index (χ1v) is 8.70. The van der Waals surface area contributed by atoms with Crippen LogP contribution in [-0.4, -0.2) is 42.4 Å². The average Bonchev–Trinajstić information content (AvgIpc) is 2.66. The highest BCUT2D eigenvalue weighted by Gasteiger charge is 2.21. The van der Waals surface area contributed by atoms with Gasteiger partial charge < -0.3 is 15.0 Å². The molecule has 6 nitrogen and oxygen atoms in total. The van der Waals surface area contributed by atoms with Crippen molar-refractivity contribution in [2.45, 2.75) is 26.5 Å². The molecule has 1 N–H and O–H groups in total. The zero-order valence-electron chi connectivity index (χ0n) is 15.8. The maximum atomic E-state index is 12.3. The van der Waals surface area contributed by atoms with Gasteiger partial charge in [-0.05, 0) is 31.5 Å². The molecule has 0 bridgehead atoms. The van der Waals surface area contributed by atoms with Crippen LogP contribution >= 0.6 is 0 Å². The maximum absolute atomic E-state index is 12.3. The van der Waals surface area contributed by atoms with Gasteiger partial charge in [-0.15, -0.1) is 0 Å². The molecule has 2 amide bonds. The largest absolute Gasteiger partial charge is 0.451 e. The standard InChI is InChI=1S/C21H24N2O4/c1-15-9-11-18(12-10-15)20(25)22-13-19(24)27-16(2)21(26)23(3)14-17-7-5-4-6-8-17/h4-12,16H,13-14H2,1-3H3,(H,22,25)/t16-/m1/s1. The number of hydrogen-bond acceptors (Lipinski definition) is 4. The lowest BCUT2D eigenvalue weighted by Crippen LogP contribution is -2.39. The van der Waals surface area contributed by atoms with Gasteiger partial charge in [-0.2, -0.15) is 0 Å². The van der Waals surface area contributed by atoms with Gasteiger partial charge in [0.05, 0.1) is 0 Å². The summed E-state index contributed by atoms with van der Waals surface area (Å²) >= 11 is 0. The highest BCUT2D eigenvalue weighted by Crippen LogP contribution is 2.06. The van der Waals surface area contributed by atoms with Crippen molar-refractivity contribution in [3.8, 4) is 0 Å². The van der Waals surface area contributed by atoms with Crippen LogP contribution in [0.25, 0.3) is 0 Å². The molecule has 0 saturated heterocycles. The summed E-state index contributed by atoms with van der Waals surface area (Å²) in [4.78, 5) is 37.8. The van der Waals surface area contributed by atoms with Gasteiger partial charge in [-0.3, -0.25) is 14.4 Å². The Morgan fingerprint density at radius 2 is 1.67 bits per heavy atom. The number of carbonyl (C=O) groups excluding carboxylic acids is 3. The monoisotopic (exact) mass is 368 g/mol. The summed E-state index contributed by atoms with van der Waals surface area (Å²) in [5.74, 6) is -1.34. The molecule has 0 radical (unpaired) electrons. The molecular formula is C21H24N2O4. The zero-order valence-corrected chi connectivity index (χ0v) is 15.8. The molecule has 0 aliphatic heterocycles. The van der Waals surface area contributed by atoms with Crippen molar-refractivity contribution in [1.82, 2.24) is 10.2 Å². The number of benzene rings is 2. The van der Waals surface area contributed by atoms with Crippen molar-refractivity contribution < 1.29 is 19.1 Å². The second-order valence-corrected chi connectivity index (χ2v) is 6.36. The van der Waals surface area contributed by atoms with E-state index in [0.29, 0.717) is 12.1 Å². The van der Waals surface area contributed by atoms with Crippen molar-refractivity contribution >= 4 is 17.8 Å². The predicted molar refractivity (Wildman–Crippen MR) is 102 cm³/mol. The lowest BCUT2D eigenvalue weighted by Gasteiger charge is -2.21. The Kier molecular flexibility index (Phi) is 7.11. The number of ether oxygens (including phenoxy) is 1. The highest BCUT2D eigenvalue weighted by molar-refractivity contribution is 5.96.